The summed E-state index contributed by atoms with van der Waals surface area (Å²) in [5.41, 5.74) is 3.13. The molecule has 3 aromatic rings. The molecule has 1 N–H and O–H groups in total. The third-order valence-corrected chi connectivity index (χ3v) is 3.85. The first-order chi connectivity index (χ1) is 12.0. The molecule has 0 fully saturated rings. The first-order valence-corrected chi connectivity index (χ1v) is 7.96. The highest BCUT2D eigenvalue weighted by Crippen LogP contribution is 2.17. The minimum absolute atomic E-state index is 0.117. The molecular formula is C18H19N5O2. The van der Waals surface area contributed by atoms with E-state index in [-0.39, 0.29) is 11.8 Å². The number of rotatable bonds is 4. The zero-order valence-corrected chi connectivity index (χ0v) is 14.4. The van der Waals surface area contributed by atoms with E-state index < -0.39 is 0 Å². The second-order valence-corrected chi connectivity index (χ2v) is 5.84. The minimum atomic E-state index is -0.262. The maximum Gasteiger partial charge on any atom is 0.255 e. The van der Waals surface area contributed by atoms with Gasteiger partial charge in [-0.05, 0) is 43.3 Å². The summed E-state index contributed by atoms with van der Waals surface area (Å²) in [6.07, 6.45) is 0. The number of hydrogen-bond donors (Lipinski definition) is 1. The van der Waals surface area contributed by atoms with Gasteiger partial charge in [0.25, 0.3) is 11.8 Å². The Kier molecular flexibility index (Phi) is 4.47. The van der Waals surface area contributed by atoms with Crippen molar-refractivity contribution in [3.63, 3.8) is 0 Å². The highest BCUT2D eigenvalue weighted by atomic mass is 16.2. The van der Waals surface area contributed by atoms with Gasteiger partial charge in [-0.3, -0.25) is 9.59 Å². The fourth-order valence-electron chi connectivity index (χ4n) is 2.54. The number of nitrogens with one attached hydrogen (secondary N) is 1. The van der Waals surface area contributed by atoms with E-state index >= 15 is 0 Å². The Morgan fingerprint density at radius 2 is 1.92 bits per heavy atom. The molecule has 0 bridgehead atoms. The summed E-state index contributed by atoms with van der Waals surface area (Å²) >= 11 is 0. The number of carbonyl (C=O) groups is 2. The number of carbonyl (C=O) groups excluding carboxylic acids is 2. The minimum Gasteiger partial charge on any atom is -0.345 e. The molecule has 1 heterocycles. The summed E-state index contributed by atoms with van der Waals surface area (Å²) in [6.45, 7) is 2.70. The Morgan fingerprint density at radius 3 is 2.64 bits per heavy atom. The van der Waals surface area contributed by atoms with Gasteiger partial charge in [-0.1, -0.05) is 11.3 Å². The summed E-state index contributed by atoms with van der Waals surface area (Å²) in [6, 6.07) is 12.1. The van der Waals surface area contributed by atoms with Crippen molar-refractivity contribution in [3.05, 3.63) is 53.6 Å². The highest BCUT2D eigenvalue weighted by molar-refractivity contribution is 6.06. The molecule has 1 aromatic heterocycles. The van der Waals surface area contributed by atoms with E-state index in [9.17, 15) is 9.59 Å². The quantitative estimate of drug-likeness (QED) is 0.793. The van der Waals surface area contributed by atoms with Gasteiger partial charge in [0.2, 0.25) is 0 Å². The Morgan fingerprint density at radius 1 is 1.12 bits per heavy atom. The SMILES string of the molecule is CCn1nnc2cc(C(=O)Nc3cccc(C(=O)N(C)C)c3)ccc21. The van der Waals surface area contributed by atoms with E-state index in [1.807, 2.05) is 13.0 Å². The van der Waals surface area contributed by atoms with Gasteiger partial charge in [-0.2, -0.15) is 0 Å². The van der Waals surface area contributed by atoms with E-state index in [1.165, 1.54) is 4.90 Å². The molecule has 0 aliphatic rings. The lowest BCUT2D eigenvalue weighted by Gasteiger charge is -2.11. The Hall–Kier alpha value is -3.22. The van der Waals surface area contributed by atoms with Crippen molar-refractivity contribution in [3.8, 4) is 0 Å². The molecular weight excluding hydrogens is 318 g/mol. The summed E-state index contributed by atoms with van der Waals surface area (Å²) < 4.78 is 1.77. The average Bonchev–Trinajstić information content (AvgIpc) is 3.03. The van der Waals surface area contributed by atoms with Crippen LogP contribution >= 0.6 is 0 Å². The molecule has 128 valence electrons. The Balaban J connectivity index is 1.82. The normalized spacial score (nSPS) is 10.7. The van der Waals surface area contributed by atoms with Crippen molar-refractivity contribution >= 4 is 28.5 Å². The largest absolute Gasteiger partial charge is 0.345 e. The molecule has 0 atom stereocenters. The fourth-order valence-corrected chi connectivity index (χ4v) is 2.54. The van der Waals surface area contributed by atoms with E-state index in [1.54, 1.807) is 55.2 Å². The summed E-state index contributed by atoms with van der Waals surface area (Å²) in [5, 5.41) is 10.9. The van der Waals surface area contributed by atoms with E-state index in [4.69, 9.17) is 0 Å². The highest BCUT2D eigenvalue weighted by Gasteiger charge is 2.12. The van der Waals surface area contributed by atoms with Crippen LogP contribution < -0.4 is 5.32 Å². The molecule has 2 amide bonds. The van der Waals surface area contributed by atoms with Gasteiger partial charge in [0.05, 0.1) is 5.52 Å². The van der Waals surface area contributed by atoms with Crippen LogP contribution in [0.1, 0.15) is 27.6 Å². The maximum atomic E-state index is 12.5. The van der Waals surface area contributed by atoms with E-state index in [0.717, 1.165) is 12.1 Å². The van der Waals surface area contributed by atoms with Gasteiger partial charge in [0.15, 0.2) is 0 Å². The van der Waals surface area contributed by atoms with Crippen LogP contribution in [0, 0.1) is 0 Å². The molecule has 0 aliphatic carbocycles. The third-order valence-electron chi connectivity index (χ3n) is 3.85. The fraction of sp³-hybridized carbons (Fsp3) is 0.222. The van der Waals surface area contributed by atoms with Crippen molar-refractivity contribution in [1.82, 2.24) is 19.9 Å². The molecule has 7 heteroatoms. The molecule has 25 heavy (non-hydrogen) atoms. The van der Waals surface area contributed by atoms with E-state index in [0.29, 0.717) is 22.3 Å². The number of anilines is 1. The van der Waals surface area contributed by atoms with Crippen molar-refractivity contribution < 1.29 is 9.59 Å². The lowest BCUT2D eigenvalue weighted by atomic mass is 10.1. The van der Waals surface area contributed by atoms with Crippen molar-refractivity contribution in [1.29, 1.82) is 0 Å². The van der Waals surface area contributed by atoms with Gasteiger partial charge in [-0.25, -0.2) is 4.68 Å². The maximum absolute atomic E-state index is 12.5. The second-order valence-electron chi connectivity index (χ2n) is 5.84. The topological polar surface area (TPSA) is 80.1 Å². The van der Waals surface area contributed by atoms with Gasteiger partial charge < -0.3 is 10.2 Å². The zero-order valence-electron chi connectivity index (χ0n) is 14.4. The van der Waals surface area contributed by atoms with Crippen LogP contribution in [0.2, 0.25) is 0 Å². The van der Waals surface area contributed by atoms with Gasteiger partial charge in [-0.15, -0.1) is 5.10 Å². The molecule has 0 radical (unpaired) electrons. The number of nitrogens with zero attached hydrogens (tertiary/aromatic N) is 4. The molecule has 7 nitrogen and oxygen atoms in total. The Bertz CT molecular complexity index is 946. The number of aromatic nitrogens is 3. The summed E-state index contributed by atoms with van der Waals surface area (Å²) in [5.74, 6) is -0.379. The van der Waals surface area contributed by atoms with Crippen LogP contribution in [0.4, 0.5) is 5.69 Å². The van der Waals surface area contributed by atoms with Crippen LogP contribution in [0.25, 0.3) is 11.0 Å². The molecule has 3 rings (SSSR count). The predicted molar refractivity (Wildman–Crippen MR) is 95.6 cm³/mol. The lowest BCUT2D eigenvalue weighted by Crippen LogP contribution is -2.21. The van der Waals surface area contributed by atoms with Crippen molar-refractivity contribution in [2.24, 2.45) is 0 Å². The standard InChI is InChI=1S/C18H19N5O2/c1-4-23-16-9-8-12(11-15(16)20-21-23)17(24)19-14-7-5-6-13(10-14)18(25)22(2)3/h5-11H,4H2,1-3H3,(H,19,24). The van der Waals surface area contributed by atoms with Crippen molar-refractivity contribution in [2.45, 2.75) is 13.5 Å². The molecule has 0 aliphatic heterocycles. The van der Waals surface area contributed by atoms with Crippen molar-refractivity contribution in [2.75, 3.05) is 19.4 Å². The Labute approximate surface area is 145 Å². The zero-order chi connectivity index (χ0) is 18.0. The first kappa shape index (κ1) is 16.6. The number of hydrogen-bond acceptors (Lipinski definition) is 4. The van der Waals surface area contributed by atoms with Crippen LogP contribution in [0.5, 0.6) is 0 Å². The molecule has 0 unspecified atom stereocenters. The van der Waals surface area contributed by atoms with Crippen LogP contribution in [0.3, 0.4) is 0 Å². The number of benzene rings is 2. The van der Waals surface area contributed by atoms with Crippen LogP contribution in [0.15, 0.2) is 42.5 Å². The molecule has 2 aromatic carbocycles. The number of aryl methyl sites for hydroxylation is 1. The molecule has 0 saturated carbocycles. The van der Waals surface area contributed by atoms with Gasteiger partial charge in [0.1, 0.15) is 5.52 Å². The lowest BCUT2D eigenvalue weighted by molar-refractivity contribution is 0.0827. The monoisotopic (exact) mass is 337 g/mol. The summed E-state index contributed by atoms with van der Waals surface area (Å²) in [7, 11) is 3.37. The van der Waals surface area contributed by atoms with Crippen LogP contribution in [-0.4, -0.2) is 45.8 Å². The third kappa shape index (κ3) is 3.35. The van der Waals surface area contributed by atoms with Gasteiger partial charge in [0, 0.05) is 37.5 Å². The summed E-state index contributed by atoms with van der Waals surface area (Å²) in [4.78, 5) is 26.0. The first-order valence-electron chi connectivity index (χ1n) is 7.96. The second kappa shape index (κ2) is 6.72. The number of fused-ring (bicyclic) bond motifs is 1. The number of amides is 2. The predicted octanol–water partition coefficient (Wildman–Crippen LogP) is 2.41. The molecule has 0 saturated heterocycles. The van der Waals surface area contributed by atoms with E-state index in [2.05, 4.69) is 15.6 Å². The average molecular weight is 337 g/mol. The van der Waals surface area contributed by atoms with Crippen LogP contribution in [-0.2, 0) is 6.54 Å². The molecule has 0 spiro atoms. The van der Waals surface area contributed by atoms with Gasteiger partial charge >= 0.3 is 0 Å². The smallest absolute Gasteiger partial charge is 0.255 e.